The number of carbonyl (C=O) groups excluding carboxylic acids is 1. The number of fused-ring (bicyclic) bond motifs is 2. The van der Waals surface area contributed by atoms with Gasteiger partial charge in [-0.1, -0.05) is 66.2 Å². The van der Waals surface area contributed by atoms with Crippen molar-refractivity contribution in [3.8, 4) is 11.5 Å². The number of methoxy groups -OCH3 is 1. The molecule has 0 saturated carbocycles. The first-order valence-corrected chi connectivity index (χ1v) is 13.3. The first-order valence-electron chi connectivity index (χ1n) is 12.9. The van der Waals surface area contributed by atoms with Gasteiger partial charge >= 0.3 is 0 Å². The molecule has 7 heteroatoms. The summed E-state index contributed by atoms with van der Waals surface area (Å²) in [5.74, 6) is 1.05. The van der Waals surface area contributed by atoms with E-state index in [1.807, 2.05) is 85.8 Å². The lowest BCUT2D eigenvalue weighted by atomic mass is 9.97. The molecule has 4 aromatic carbocycles. The molecule has 0 fully saturated rings. The summed E-state index contributed by atoms with van der Waals surface area (Å²) in [6.45, 7) is 2.49. The van der Waals surface area contributed by atoms with Crippen molar-refractivity contribution in [1.29, 1.82) is 0 Å². The van der Waals surface area contributed by atoms with E-state index in [-0.39, 0.29) is 23.6 Å². The minimum atomic E-state index is -0.675. The van der Waals surface area contributed by atoms with Gasteiger partial charge in [-0.3, -0.25) is 9.59 Å². The monoisotopic (exact) mass is 551 g/mol. The quantitative estimate of drug-likeness (QED) is 0.216. The molecule has 0 radical (unpaired) electrons. The fourth-order valence-electron chi connectivity index (χ4n) is 5.09. The zero-order chi connectivity index (χ0) is 27.8. The van der Waals surface area contributed by atoms with Gasteiger partial charge in [-0.15, -0.1) is 0 Å². The van der Waals surface area contributed by atoms with Gasteiger partial charge in [0.2, 0.25) is 5.76 Å². The second-order valence-electron chi connectivity index (χ2n) is 9.80. The molecule has 0 saturated heterocycles. The lowest BCUT2D eigenvalue weighted by Gasteiger charge is -2.25. The number of benzene rings is 4. The highest BCUT2D eigenvalue weighted by Gasteiger charge is 2.43. The van der Waals surface area contributed by atoms with E-state index in [2.05, 4.69) is 0 Å². The highest BCUT2D eigenvalue weighted by Crippen LogP contribution is 2.40. The Balaban J connectivity index is 1.45. The van der Waals surface area contributed by atoms with Gasteiger partial charge in [-0.25, -0.2) is 0 Å². The molecule has 5 aromatic rings. The third-order valence-corrected chi connectivity index (χ3v) is 7.59. The van der Waals surface area contributed by atoms with E-state index in [9.17, 15) is 9.59 Å². The Morgan fingerprint density at radius 3 is 2.40 bits per heavy atom. The van der Waals surface area contributed by atoms with Crippen LogP contribution in [-0.2, 0) is 13.2 Å². The average molecular weight is 552 g/mol. The molecule has 0 N–H and O–H groups in total. The Kier molecular flexibility index (Phi) is 6.78. The van der Waals surface area contributed by atoms with Crippen LogP contribution in [0, 0.1) is 6.92 Å². The van der Waals surface area contributed by atoms with Crippen LogP contribution in [0.3, 0.4) is 0 Å². The van der Waals surface area contributed by atoms with Crippen molar-refractivity contribution in [3.05, 3.63) is 140 Å². The van der Waals surface area contributed by atoms with Gasteiger partial charge in [-0.2, -0.15) is 0 Å². The van der Waals surface area contributed by atoms with Gasteiger partial charge in [0, 0.05) is 11.6 Å². The number of amides is 1. The fourth-order valence-corrected chi connectivity index (χ4v) is 5.26. The maximum atomic E-state index is 13.9. The molecule has 200 valence electrons. The SMILES string of the molecule is COc1ccc(CN2C(=O)c3oc4cc(C)c(Cl)cc4c(=O)c3C2c2cccc(OCc3ccccc3)c2)cc1. The predicted octanol–water partition coefficient (Wildman–Crippen LogP) is 7.09. The van der Waals surface area contributed by atoms with E-state index in [1.54, 1.807) is 24.1 Å². The third kappa shape index (κ3) is 4.71. The second-order valence-corrected chi connectivity index (χ2v) is 10.2. The van der Waals surface area contributed by atoms with E-state index in [0.717, 1.165) is 28.0 Å². The van der Waals surface area contributed by atoms with Crippen molar-refractivity contribution < 1.29 is 18.7 Å². The average Bonchev–Trinajstić information content (AvgIpc) is 3.25. The Bertz CT molecular complexity index is 1780. The van der Waals surface area contributed by atoms with Crippen LogP contribution in [0.1, 0.15) is 44.4 Å². The number of hydrogen-bond acceptors (Lipinski definition) is 5. The summed E-state index contributed by atoms with van der Waals surface area (Å²) in [6.07, 6.45) is 0. The van der Waals surface area contributed by atoms with Crippen molar-refractivity contribution in [1.82, 2.24) is 4.90 Å². The summed E-state index contributed by atoms with van der Waals surface area (Å²) in [7, 11) is 1.61. The molecule has 0 aliphatic carbocycles. The van der Waals surface area contributed by atoms with Crippen LogP contribution in [0.15, 0.2) is 100 Å². The highest BCUT2D eigenvalue weighted by molar-refractivity contribution is 6.32. The van der Waals surface area contributed by atoms with Gasteiger partial charge in [0.25, 0.3) is 5.91 Å². The van der Waals surface area contributed by atoms with Crippen LogP contribution < -0.4 is 14.9 Å². The number of carbonyl (C=O) groups is 1. The second kappa shape index (κ2) is 10.5. The first-order chi connectivity index (χ1) is 19.4. The molecule has 6 nitrogen and oxygen atoms in total. The van der Waals surface area contributed by atoms with Crippen molar-refractivity contribution >= 4 is 28.5 Å². The predicted molar refractivity (Wildman–Crippen MR) is 154 cm³/mol. The summed E-state index contributed by atoms with van der Waals surface area (Å²) in [5.41, 5.74) is 3.79. The Labute approximate surface area is 236 Å². The van der Waals surface area contributed by atoms with Crippen molar-refractivity contribution in [3.63, 3.8) is 0 Å². The minimum Gasteiger partial charge on any atom is -0.497 e. The van der Waals surface area contributed by atoms with Crippen molar-refractivity contribution in [2.24, 2.45) is 0 Å². The van der Waals surface area contributed by atoms with E-state index >= 15 is 0 Å². The molecule has 1 aliphatic heterocycles. The summed E-state index contributed by atoms with van der Waals surface area (Å²) >= 11 is 6.37. The number of ether oxygens (including phenoxy) is 2. The number of halogens is 1. The normalized spacial score (nSPS) is 14.4. The lowest BCUT2D eigenvalue weighted by Crippen LogP contribution is -2.29. The van der Waals surface area contributed by atoms with Gasteiger partial charge in [0.1, 0.15) is 23.7 Å². The molecule has 0 spiro atoms. The van der Waals surface area contributed by atoms with Crippen LogP contribution in [0.25, 0.3) is 11.0 Å². The smallest absolute Gasteiger partial charge is 0.291 e. The Morgan fingerprint density at radius 1 is 0.875 bits per heavy atom. The van der Waals surface area contributed by atoms with Crippen LogP contribution >= 0.6 is 11.6 Å². The van der Waals surface area contributed by atoms with Gasteiger partial charge < -0.3 is 18.8 Å². The van der Waals surface area contributed by atoms with E-state index in [0.29, 0.717) is 33.9 Å². The third-order valence-electron chi connectivity index (χ3n) is 7.18. The van der Waals surface area contributed by atoms with Gasteiger partial charge in [0.05, 0.1) is 24.1 Å². The maximum absolute atomic E-state index is 13.9. The molecule has 0 bridgehead atoms. The van der Waals surface area contributed by atoms with E-state index < -0.39 is 6.04 Å². The highest BCUT2D eigenvalue weighted by atomic mass is 35.5. The summed E-state index contributed by atoms with van der Waals surface area (Å²) < 4.78 is 17.5. The van der Waals surface area contributed by atoms with Crippen molar-refractivity contribution in [2.45, 2.75) is 26.1 Å². The number of nitrogens with zero attached hydrogens (tertiary/aromatic N) is 1. The topological polar surface area (TPSA) is 69.0 Å². The van der Waals surface area contributed by atoms with Crippen LogP contribution in [-0.4, -0.2) is 17.9 Å². The molecule has 1 atom stereocenters. The first kappa shape index (κ1) is 25.7. The Hall–Kier alpha value is -4.55. The minimum absolute atomic E-state index is 0.0494. The number of aryl methyl sites for hydroxylation is 1. The zero-order valence-electron chi connectivity index (χ0n) is 22.0. The van der Waals surface area contributed by atoms with Crippen LogP contribution in [0.4, 0.5) is 0 Å². The van der Waals surface area contributed by atoms with E-state index in [1.165, 1.54) is 0 Å². The molecule has 1 amide bonds. The maximum Gasteiger partial charge on any atom is 0.291 e. The molecule has 1 aromatic heterocycles. The fraction of sp³-hybridized carbons (Fsp3) is 0.152. The number of hydrogen-bond donors (Lipinski definition) is 0. The van der Waals surface area contributed by atoms with Gasteiger partial charge in [-0.05, 0) is 65.6 Å². The largest absolute Gasteiger partial charge is 0.497 e. The standard InChI is InChI=1S/C33H26ClNO5/c1-20-15-28-26(17-27(20)34)31(36)29-30(23-9-6-10-25(16-23)39-19-22-7-4-3-5-8-22)35(33(37)32(29)40-28)18-21-11-13-24(38-2)14-12-21/h3-17,30H,18-19H2,1-2H3. The Morgan fingerprint density at radius 2 is 1.65 bits per heavy atom. The van der Waals surface area contributed by atoms with E-state index in [4.69, 9.17) is 25.5 Å². The summed E-state index contributed by atoms with van der Waals surface area (Å²) in [6, 6.07) is 27.5. The lowest BCUT2D eigenvalue weighted by molar-refractivity contribution is 0.0714. The molecular weight excluding hydrogens is 526 g/mol. The molecule has 1 unspecified atom stereocenters. The summed E-state index contributed by atoms with van der Waals surface area (Å²) in [5, 5.41) is 0.807. The molecule has 2 heterocycles. The zero-order valence-corrected chi connectivity index (χ0v) is 22.8. The molecule has 40 heavy (non-hydrogen) atoms. The van der Waals surface area contributed by atoms with Crippen LogP contribution in [0.2, 0.25) is 5.02 Å². The number of rotatable bonds is 7. The van der Waals surface area contributed by atoms with Crippen molar-refractivity contribution in [2.75, 3.05) is 7.11 Å². The summed E-state index contributed by atoms with van der Waals surface area (Å²) in [4.78, 5) is 29.5. The van der Waals surface area contributed by atoms with Crippen LogP contribution in [0.5, 0.6) is 11.5 Å². The molecule has 6 rings (SSSR count). The molecule has 1 aliphatic rings. The molecular formula is C33H26ClNO5. The van der Waals surface area contributed by atoms with Gasteiger partial charge in [0.15, 0.2) is 5.43 Å².